The van der Waals surface area contributed by atoms with E-state index in [-0.39, 0.29) is 17.7 Å². The van der Waals surface area contributed by atoms with E-state index < -0.39 is 0 Å². The Hall–Kier alpha value is -2.64. The molecule has 7 nitrogen and oxygen atoms in total. The Morgan fingerprint density at radius 3 is 2.72 bits per heavy atom. The van der Waals surface area contributed by atoms with Crippen molar-refractivity contribution in [3.8, 4) is 0 Å². The molecule has 1 fully saturated rings. The van der Waals surface area contributed by atoms with Crippen molar-refractivity contribution in [2.45, 2.75) is 51.3 Å². The molecule has 0 saturated heterocycles. The van der Waals surface area contributed by atoms with Crippen LogP contribution < -0.4 is 16.2 Å². The molecule has 0 bridgehead atoms. The third-order valence-electron chi connectivity index (χ3n) is 5.32. The molecule has 3 aromatic heterocycles. The zero-order valence-corrected chi connectivity index (χ0v) is 17.0. The van der Waals surface area contributed by atoms with E-state index in [1.807, 2.05) is 19.1 Å². The van der Waals surface area contributed by atoms with Crippen LogP contribution in [-0.4, -0.2) is 31.8 Å². The summed E-state index contributed by atoms with van der Waals surface area (Å²) in [5.41, 5.74) is -0.0664. The number of aliphatic hydroxyl groups is 1. The summed E-state index contributed by atoms with van der Waals surface area (Å²) in [6.07, 6.45) is 6.36. The van der Waals surface area contributed by atoms with Gasteiger partial charge in [0.05, 0.1) is 11.5 Å². The quantitative estimate of drug-likeness (QED) is 0.587. The molecular formula is C21H24ClN5O2. The minimum absolute atomic E-state index is 0.0664. The molecule has 1 aliphatic carbocycles. The second kappa shape index (κ2) is 8.39. The molecule has 4 rings (SSSR count). The molecule has 1 aliphatic rings. The highest BCUT2D eigenvalue weighted by Crippen LogP contribution is 2.28. The van der Waals surface area contributed by atoms with E-state index in [4.69, 9.17) is 16.6 Å². The minimum atomic E-state index is -0.239. The average molecular weight is 414 g/mol. The standard InChI is InChI=1S/C21H24ClN5O2/c1-2-27-10-8-13-11-18(25-17-12-14(22)7-9-23-17)26-20(19(13)21(27)29)24-15-3-5-16(28)6-4-15/h7-12,15-16,28H,2-6H2,1H3,(H2,23,24,25,26)/t15-,16+. The molecule has 8 heteroatoms. The number of fused-ring (bicyclic) bond motifs is 1. The van der Waals surface area contributed by atoms with Crippen LogP contribution >= 0.6 is 11.6 Å². The lowest BCUT2D eigenvalue weighted by atomic mass is 9.93. The second-order valence-corrected chi connectivity index (χ2v) is 7.80. The number of nitrogens with zero attached hydrogens (tertiary/aromatic N) is 3. The lowest BCUT2D eigenvalue weighted by molar-refractivity contribution is 0.126. The van der Waals surface area contributed by atoms with Crippen molar-refractivity contribution < 1.29 is 5.11 Å². The average Bonchev–Trinajstić information content (AvgIpc) is 2.70. The maximum Gasteiger partial charge on any atom is 0.262 e. The van der Waals surface area contributed by atoms with Gasteiger partial charge >= 0.3 is 0 Å². The van der Waals surface area contributed by atoms with Crippen molar-refractivity contribution in [1.82, 2.24) is 14.5 Å². The largest absolute Gasteiger partial charge is 0.393 e. The van der Waals surface area contributed by atoms with Gasteiger partial charge in [0.15, 0.2) is 0 Å². The van der Waals surface area contributed by atoms with Crippen LogP contribution in [0.5, 0.6) is 0 Å². The summed E-state index contributed by atoms with van der Waals surface area (Å²) in [7, 11) is 0. The number of hydrogen-bond donors (Lipinski definition) is 3. The lowest BCUT2D eigenvalue weighted by Crippen LogP contribution is -2.29. The van der Waals surface area contributed by atoms with Crippen LogP contribution in [0, 0.1) is 0 Å². The molecule has 0 amide bonds. The number of aryl methyl sites for hydroxylation is 1. The number of aromatic nitrogens is 3. The van der Waals surface area contributed by atoms with Crippen LogP contribution in [0.3, 0.4) is 0 Å². The molecule has 0 atom stereocenters. The number of pyridine rings is 3. The van der Waals surface area contributed by atoms with Crippen molar-refractivity contribution in [1.29, 1.82) is 0 Å². The Morgan fingerprint density at radius 1 is 1.21 bits per heavy atom. The number of rotatable bonds is 5. The van der Waals surface area contributed by atoms with Crippen molar-refractivity contribution in [3.05, 3.63) is 52.0 Å². The van der Waals surface area contributed by atoms with Crippen molar-refractivity contribution in [2.75, 3.05) is 10.6 Å². The molecule has 152 valence electrons. The molecule has 29 heavy (non-hydrogen) atoms. The number of halogens is 1. The zero-order chi connectivity index (χ0) is 20.4. The van der Waals surface area contributed by atoms with Gasteiger partial charge in [0.1, 0.15) is 17.5 Å². The fourth-order valence-electron chi connectivity index (χ4n) is 3.74. The third-order valence-corrected chi connectivity index (χ3v) is 5.55. The van der Waals surface area contributed by atoms with Gasteiger partial charge in [-0.3, -0.25) is 4.79 Å². The van der Waals surface area contributed by atoms with E-state index in [1.165, 1.54) is 0 Å². The monoisotopic (exact) mass is 413 g/mol. The summed E-state index contributed by atoms with van der Waals surface area (Å²) in [6, 6.07) is 7.36. The van der Waals surface area contributed by atoms with Gasteiger partial charge < -0.3 is 20.3 Å². The SMILES string of the molecule is CCn1ccc2cc(Nc3cc(Cl)ccn3)nc(N[C@H]3CC[C@@H](O)CC3)c2c1=O. The van der Waals surface area contributed by atoms with Crippen LogP contribution in [0.4, 0.5) is 17.5 Å². The van der Waals surface area contributed by atoms with Crippen molar-refractivity contribution in [2.24, 2.45) is 0 Å². The fourth-order valence-corrected chi connectivity index (χ4v) is 3.90. The summed E-state index contributed by atoms with van der Waals surface area (Å²) < 4.78 is 1.67. The van der Waals surface area contributed by atoms with Crippen molar-refractivity contribution in [3.63, 3.8) is 0 Å². The molecule has 3 aromatic rings. The Kier molecular flexibility index (Phi) is 5.69. The van der Waals surface area contributed by atoms with Gasteiger partial charge in [-0.25, -0.2) is 9.97 Å². The highest BCUT2D eigenvalue weighted by atomic mass is 35.5. The predicted octanol–water partition coefficient (Wildman–Crippen LogP) is 3.92. The molecule has 1 saturated carbocycles. The van der Waals surface area contributed by atoms with Crippen LogP contribution in [0.25, 0.3) is 10.8 Å². The zero-order valence-electron chi connectivity index (χ0n) is 16.2. The number of hydrogen-bond acceptors (Lipinski definition) is 6. The Balaban J connectivity index is 1.75. The topological polar surface area (TPSA) is 92.1 Å². The summed E-state index contributed by atoms with van der Waals surface area (Å²) in [5, 5.41) is 18.4. The normalized spacial score (nSPS) is 19.3. The molecular weight excluding hydrogens is 390 g/mol. The highest BCUT2D eigenvalue weighted by molar-refractivity contribution is 6.30. The number of anilines is 3. The Morgan fingerprint density at radius 2 is 2.00 bits per heavy atom. The molecule has 0 aliphatic heterocycles. The first kappa shape index (κ1) is 19.7. The van der Waals surface area contributed by atoms with Crippen LogP contribution in [0.1, 0.15) is 32.6 Å². The van der Waals surface area contributed by atoms with Gasteiger partial charge in [-0.05, 0) is 62.3 Å². The van der Waals surface area contributed by atoms with Crippen molar-refractivity contribution >= 4 is 39.8 Å². The lowest BCUT2D eigenvalue weighted by Gasteiger charge is -2.27. The molecule has 0 radical (unpaired) electrons. The molecule has 0 spiro atoms. The fraction of sp³-hybridized carbons (Fsp3) is 0.381. The van der Waals surface area contributed by atoms with E-state index in [2.05, 4.69) is 15.6 Å². The summed E-state index contributed by atoms with van der Waals surface area (Å²) in [5.74, 6) is 1.72. The molecule has 3 N–H and O–H groups in total. The summed E-state index contributed by atoms with van der Waals surface area (Å²) in [6.45, 7) is 2.54. The summed E-state index contributed by atoms with van der Waals surface area (Å²) >= 11 is 6.05. The molecule has 0 unspecified atom stereocenters. The van der Waals surface area contributed by atoms with Gasteiger partial charge in [-0.1, -0.05) is 11.6 Å². The van der Waals surface area contributed by atoms with E-state index in [0.717, 1.165) is 31.1 Å². The van der Waals surface area contributed by atoms with E-state index in [1.54, 1.807) is 29.1 Å². The van der Waals surface area contributed by atoms with E-state index in [9.17, 15) is 9.90 Å². The second-order valence-electron chi connectivity index (χ2n) is 7.36. The number of nitrogens with one attached hydrogen (secondary N) is 2. The minimum Gasteiger partial charge on any atom is -0.393 e. The predicted molar refractivity (Wildman–Crippen MR) is 116 cm³/mol. The third kappa shape index (κ3) is 4.36. The Labute approximate surface area is 173 Å². The smallest absolute Gasteiger partial charge is 0.262 e. The van der Waals surface area contributed by atoms with Gasteiger partial charge in [0.25, 0.3) is 5.56 Å². The highest BCUT2D eigenvalue weighted by Gasteiger charge is 2.21. The number of aliphatic hydroxyl groups excluding tert-OH is 1. The van der Waals surface area contributed by atoms with Gasteiger partial charge in [-0.15, -0.1) is 0 Å². The maximum absolute atomic E-state index is 13.0. The molecule has 3 heterocycles. The summed E-state index contributed by atoms with van der Waals surface area (Å²) in [4.78, 5) is 21.9. The first-order valence-electron chi connectivity index (χ1n) is 9.91. The Bertz CT molecular complexity index is 1080. The van der Waals surface area contributed by atoms with Gasteiger partial charge in [0, 0.05) is 30.0 Å². The van der Waals surface area contributed by atoms with Crippen LogP contribution in [-0.2, 0) is 6.54 Å². The van der Waals surface area contributed by atoms with Crippen LogP contribution in [0.2, 0.25) is 5.02 Å². The van der Waals surface area contributed by atoms with Gasteiger partial charge in [0.2, 0.25) is 0 Å². The van der Waals surface area contributed by atoms with Crippen LogP contribution in [0.15, 0.2) is 41.5 Å². The first-order valence-corrected chi connectivity index (χ1v) is 10.3. The van der Waals surface area contributed by atoms with E-state index >= 15 is 0 Å². The molecule has 0 aromatic carbocycles. The maximum atomic E-state index is 13.0. The first-order chi connectivity index (χ1) is 14.0. The van der Waals surface area contributed by atoms with E-state index in [0.29, 0.717) is 34.4 Å². The van der Waals surface area contributed by atoms with Gasteiger partial charge in [-0.2, -0.15) is 0 Å².